The highest BCUT2D eigenvalue weighted by molar-refractivity contribution is 7.16. The number of aromatic nitrogens is 3. The summed E-state index contributed by atoms with van der Waals surface area (Å²) in [5.41, 5.74) is 1.93. The molecule has 0 aliphatic carbocycles. The van der Waals surface area contributed by atoms with Crippen LogP contribution in [0.1, 0.15) is 16.3 Å². The molecule has 1 saturated heterocycles. The Kier molecular flexibility index (Phi) is 4.50. The maximum Gasteiger partial charge on any atom is 0.275 e. The number of hydrogen-bond donors (Lipinski definition) is 2. The standard InChI is InChI=1S/C19H21N5O3S/c1-13-8-18(25)24-19(20-13)28-17(21-24)11-23-6-4-22(5-7-23)10-14-2-3-15-16(9-14)27-12-26-15/h2-3,8-9H,4-7,10-12H2,1H3/p+2. The Morgan fingerprint density at radius 2 is 1.82 bits per heavy atom. The number of rotatable bonds is 4. The van der Waals surface area contributed by atoms with Gasteiger partial charge in [0, 0.05) is 17.3 Å². The molecular weight excluding hydrogens is 378 g/mol. The molecule has 3 aromatic rings. The van der Waals surface area contributed by atoms with Crippen LogP contribution in [-0.4, -0.2) is 47.6 Å². The number of ether oxygens (including phenoxy) is 2. The van der Waals surface area contributed by atoms with Crippen LogP contribution in [0.25, 0.3) is 4.96 Å². The minimum Gasteiger partial charge on any atom is -0.454 e. The summed E-state index contributed by atoms with van der Waals surface area (Å²) in [5.74, 6) is 1.70. The van der Waals surface area contributed by atoms with Crippen LogP contribution >= 0.6 is 11.3 Å². The van der Waals surface area contributed by atoms with Gasteiger partial charge in [0.2, 0.25) is 11.8 Å². The summed E-state index contributed by atoms with van der Waals surface area (Å²) in [5, 5.41) is 5.45. The van der Waals surface area contributed by atoms with Crippen LogP contribution in [0.15, 0.2) is 29.1 Å². The van der Waals surface area contributed by atoms with E-state index in [4.69, 9.17) is 9.47 Å². The van der Waals surface area contributed by atoms with E-state index in [1.54, 1.807) is 4.90 Å². The maximum atomic E-state index is 12.0. The number of benzene rings is 1. The van der Waals surface area contributed by atoms with Gasteiger partial charge >= 0.3 is 0 Å². The first-order chi connectivity index (χ1) is 13.6. The van der Waals surface area contributed by atoms with Crippen LogP contribution in [0.3, 0.4) is 0 Å². The lowest BCUT2D eigenvalue weighted by atomic mass is 10.1. The zero-order valence-electron chi connectivity index (χ0n) is 15.7. The van der Waals surface area contributed by atoms with Gasteiger partial charge in [-0.05, 0) is 25.1 Å². The van der Waals surface area contributed by atoms with Crippen molar-refractivity contribution in [3.63, 3.8) is 0 Å². The zero-order chi connectivity index (χ0) is 19.1. The minimum atomic E-state index is -0.0991. The molecule has 0 bridgehead atoms. The molecule has 1 fully saturated rings. The SMILES string of the molecule is Cc1cc(=O)n2nc(C[NH+]3CC[NH+](Cc4ccc5c(c4)OCO5)CC3)sc2n1. The Morgan fingerprint density at radius 1 is 1.07 bits per heavy atom. The summed E-state index contributed by atoms with van der Waals surface area (Å²) in [6.45, 7) is 8.44. The second kappa shape index (κ2) is 7.16. The van der Waals surface area contributed by atoms with Crippen LogP contribution < -0.4 is 24.8 Å². The normalized spacial score (nSPS) is 21.3. The number of nitrogens with one attached hydrogen (secondary N) is 2. The van der Waals surface area contributed by atoms with Crippen molar-refractivity contribution in [2.75, 3.05) is 33.0 Å². The highest BCUT2D eigenvalue weighted by Crippen LogP contribution is 2.32. The topological polar surface area (TPSA) is 74.6 Å². The van der Waals surface area contributed by atoms with Crippen LogP contribution in [0.4, 0.5) is 0 Å². The van der Waals surface area contributed by atoms with Crippen molar-refractivity contribution in [3.8, 4) is 11.5 Å². The van der Waals surface area contributed by atoms with Crippen molar-refractivity contribution < 1.29 is 19.3 Å². The molecule has 0 radical (unpaired) electrons. The molecule has 1 aromatic carbocycles. The van der Waals surface area contributed by atoms with Crippen molar-refractivity contribution in [1.82, 2.24) is 14.6 Å². The molecule has 4 heterocycles. The summed E-state index contributed by atoms with van der Waals surface area (Å²) < 4.78 is 12.3. The third kappa shape index (κ3) is 3.48. The fourth-order valence-corrected chi connectivity index (χ4v) is 4.91. The molecule has 0 saturated carbocycles. The quantitative estimate of drug-likeness (QED) is 0.567. The van der Waals surface area contributed by atoms with E-state index in [2.05, 4.69) is 22.2 Å². The molecule has 9 heteroatoms. The maximum absolute atomic E-state index is 12.0. The van der Waals surface area contributed by atoms with Gasteiger partial charge in [0.05, 0.1) is 0 Å². The lowest BCUT2D eigenvalue weighted by Crippen LogP contribution is -3.27. The first kappa shape index (κ1) is 17.6. The van der Waals surface area contributed by atoms with E-state index >= 15 is 0 Å². The van der Waals surface area contributed by atoms with E-state index in [0.717, 1.165) is 61.5 Å². The third-order valence-electron chi connectivity index (χ3n) is 5.37. The largest absolute Gasteiger partial charge is 0.454 e. The molecule has 0 unspecified atom stereocenters. The molecule has 2 aliphatic heterocycles. The number of fused-ring (bicyclic) bond motifs is 2. The first-order valence-corrected chi connectivity index (χ1v) is 10.4. The van der Waals surface area contributed by atoms with Crippen molar-refractivity contribution in [2.24, 2.45) is 0 Å². The fraction of sp³-hybridized carbons (Fsp3) is 0.421. The average Bonchev–Trinajstić information content (AvgIpc) is 3.29. The summed E-state index contributed by atoms with van der Waals surface area (Å²) >= 11 is 1.52. The third-order valence-corrected chi connectivity index (χ3v) is 6.28. The molecule has 8 nitrogen and oxygen atoms in total. The van der Waals surface area contributed by atoms with E-state index in [-0.39, 0.29) is 5.56 Å². The molecule has 146 valence electrons. The van der Waals surface area contributed by atoms with Crippen molar-refractivity contribution >= 4 is 16.3 Å². The summed E-state index contributed by atoms with van der Waals surface area (Å²) in [6.07, 6.45) is 0. The van der Waals surface area contributed by atoms with E-state index in [0.29, 0.717) is 11.8 Å². The lowest BCUT2D eigenvalue weighted by Gasteiger charge is -2.29. The van der Waals surface area contributed by atoms with E-state index in [1.165, 1.54) is 32.4 Å². The van der Waals surface area contributed by atoms with Crippen molar-refractivity contribution in [3.05, 3.63) is 50.9 Å². The lowest BCUT2D eigenvalue weighted by molar-refractivity contribution is -1.02. The Balaban J connectivity index is 1.19. The van der Waals surface area contributed by atoms with Gasteiger partial charge in [-0.1, -0.05) is 11.3 Å². The predicted molar refractivity (Wildman–Crippen MR) is 103 cm³/mol. The highest BCUT2D eigenvalue weighted by atomic mass is 32.1. The summed E-state index contributed by atoms with van der Waals surface area (Å²) in [4.78, 5) is 20.2. The first-order valence-electron chi connectivity index (χ1n) is 9.56. The molecule has 0 amide bonds. The van der Waals surface area contributed by atoms with Gasteiger partial charge in [-0.15, -0.1) is 0 Å². The molecule has 0 spiro atoms. The molecule has 0 atom stereocenters. The molecule has 5 rings (SSSR count). The van der Waals surface area contributed by atoms with E-state index in [9.17, 15) is 4.79 Å². The monoisotopic (exact) mass is 401 g/mol. The number of nitrogens with zero attached hydrogens (tertiary/aromatic N) is 3. The number of hydrogen-bond acceptors (Lipinski definition) is 6. The van der Waals surface area contributed by atoms with Crippen molar-refractivity contribution in [1.29, 1.82) is 0 Å². The molecule has 2 aromatic heterocycles. The van der Waals surface area contributed by atoms with Gasteiger partial charge in [-0.25, -0.2) is 4.98 Å². The van der Waals surface area contributed by atoms with E-state index < -0.39 is 0 Å². The van der Waals surface area contributed by atoms with Gasteiger partial charge in [0.15, 0.2) is 16.5 Å². The Morgan fingerprint density at radius 3 is 2.64 bits per heavy atom. The van der Waals surface area contributed by atoms with Crippen LogP contribution in [0, 0.1) is 6.92 Å². The van der Waals surface area contributed by atoms with Gasteiger partial charge < -0.3 is 19.3 Å². The summed E-state index contributed by atoms with van der Waals surface area (Å²) in [7, 11) is 0. The smallest absolute Gasteiger partial charge is 0.275 e. The second-order valence-corrected chi connectivity index (χ2v) is 8.51. The summed E-state index contributed by atoms with van der Waals surface area (Å²) in [6, 6.07) is 7.76. The second-order valence-electron chi connectivity index (χ2n) is 7.47. The van der Waals surface area contributed by atoms with Crippen LogP contribution in [-0.2, 0) is 13.1 Å². The van der Waals surface area contributed by atoms with Crippen molar-refractivity contribution in [2.45, 2.75) is 20.0 Å². The van der Waals surface area contributed by atoms with Crippen LogP contribution in [0.5, 0.6) is 11.5 Å². The minimum absolute atomic E-state index is 0.0991. The molecular formula is C19H23N5O3S+2. The fourth-order valence-electron chi connectivity index (χ4n) is 3.90. The van der Waals surface area contributed by atoms with Crippen LogP contribution in [0.2, 0.25) is 0 Å². The zero-order valence-corrected chi connectivity index (χ0v) is 16.6. The van der Waals surface area contributed by atoms with Gasteiger partial charge in [-0.2, -0.15) is 9.61 Å². The Bertz CT molecular complexity index is 1070. The van der Waals surface area contributed by atoms with Gasteiger partial charge in [-0.3, -0.25) is 4.79 Å². The molecule has 2 aliphatic rings. The highest BCUT2D eigenvalue weighted by Gasteiger charge is 2.25. The van der Waals surface area contributed by atoms with E-state index in [1.807, 2.05) is 13.0 Å². The van der Waals surface area contributed by atoms with Gasteiger partial charge in [0.1, 0.15) is 39.3 Å². The Labute approximate surface area is 165 Å². The van der Waals surface area contributed by atoms with Gasteiger partial charge in [0.25, 0.3) is 5.56 Å². The Hall–Kier alpha value is -2.49. The predicted octanol–water partition coefficient (Wildman–Crippen LogP) is -1.33. The molecule has 2 N–H and O–H groups in total. The molecule has 28 heavy (non-hydrogen) atoms. The number of aryl methyl sites for hydroxylation is 1. The number of piperazine rings is 1. The number of quaternary nitrogens is 2. The average molecular weight is 401 g/mol.